The largest absolute Gasteiger partial charge is 0.356 e. The minimum absolute atomic E-state index is 0.0226. The lowest BCUT2D eigenvalue weighted by atomic mass is 9.84. The van der Waals surface area contributed by atoms with Crippen molar-refractivity contribution in [3.8, 4) is 0 Å². The minimum Gasteiger partial charge on any atom is -0.356 e. The molecule has 3 atom stereocenters. The summed E-state index contributed by atoms with van der Waals surface area (Å²) in [6, 6.07) is 5.01. The second-order valence-corrected chi connectivity index (χ2v) is 12.6. The number of piperidine rings is 1. The van der Waals surface area contributed by atoms with Crippen molar-refractivity contribution in [2.75, 3.05) is 6.54 Å². The molecule has 2 heterocycles. The highest BCUT2D eigenvalue weighted by molar-refractivity contribution is 6.38. The van der Waals surface area contributed by atoms with Crippen LogP contribution in [0.2, 0.25) is 0 Å². The number of carbonyl (C=O) groups is 5. The van der Waals surface area contributed by atoms with Crippen LogP contribution in [-0.2, 0) is 19.2 Å². The van der Waals surface area contributed by atoms with Gasteiger partial charge < -0.3 is 21.3 Å². The van der Waals surface area contributed by atoms with Crippen molar-refractivity contribution in [2.24, 2.45) is 11.8 Å². The number of carbonyl (C=O) groups excluding carboxylic acids is 5. The first kappa shape index (κ1) is 31.5. The molecule has 1 aliphatic heterocycles. The molecular weight excluding hydrogens is 560 g/mol. The number of nitrogens with one attached hydrogen (secondary N) is 4. The first-order valence-electron chi connectivity index (χ1n) is 16.3. The third-order valence-electron chi connectivity index (χ3n) is 9.31. The molecule has 1 aromatic carbocycles. The van der Waals surface area contributed by atoms with Crippen molar-refractivity contribution in [3.05, 3.63) is 36.2 Å². The number of hydrogen-bond acceptors (Lipinski definition) is 7. The van der Waals surface area contributed by atoms with Crippen molar-refractivity contribution >= 4 is 40.4 Å². The fourth-order valence-corrected chi connectivity index (χ4v) is 6.80. The summed E-state index contributed by atoms with van der Waals surface area (Å²) in [5, 5.41) is 11.3. The number of amides is 4. The Hall–Kier alpha value is -3.89. The average Bonchev–Trinajstić information content (AvgIpc) is 3.05. The van der Waals surface area contributed by atoms with E-state index >= 15 is 0 Å². The summed E-state index contributed by atoms with van der Waals surface area (Å²) in [5.41, 5.74) is 1.30. The fourth-order valence-electron chi connectivity index (χ4n) is 6.80. The summed E-state index contributed by atoms with van der Waals surface area (Å²) in [7, 11) is 0. The van der Waals surface area contributed by atoms with Crippen molar-refractivity contribution in [1.29, 1.82) is 0 Å². The van der Waals surface area contributed by atoms with E-state index in [0.717, 1.165) is 70.6 Å². The Bertz CT molecular complexity index is 1350. The van der Waals surface area contributed by atoms with Crippen molar-refractivity contribution < 1.29 is 24.0 Å². The lowest BCUT2D eigenvalue weighted by molar-refractivity contribution is -0.141. The van der Waals surface area contributed by atoms with Crippen LogP contribution in [0.4, 0.5) is 0 Å². The summed E-state index contributed by atoms with van der Waals surface area (Å²) in [6.45, 7) is 0.565. The number of hydrogen-bond donors (Lipinski definition) is 4. The third kappa shape index (κ3) is 8.39. The Morgan fingerprint density at radius 3 is 2.25 bits per heavy atom. The van der Waals surface area contributed by atoms with Crippen LogP contribution in [0.3, 0.4) is 0 Å². The average molecular weight is 605 g/mol. The van der Waals surface area contributed by atoms with Crippen LogP contribution in [0.15, 0.2) is 30.5 Å². The molecule has 1 aromatic heterocycles. The number of aromatic nitrogens is 2. The van der Waals surface area contributed by atoms with Crippen LogP contribution in [0.25, 0.3) is 11.0 Å². The van der Waals surface area contributed by atoms with E-state index in [4.69, 9.17) is 0 Å². The summed E-state index contributed by atoms with van der Waals surface area (Å²) in [4.78, 5) is 75.3. The molecule has 236 valence electrons. The molecule has 5 rings (SSSR count). The molecule has 11 heteroatoms. The van der Waals surface area contributed by atoms with E-state index in [1.165, 1.54) is 6.20 Å². The van der Waals surface area contributed by atoms with Crippen LogP contribution in [0.1, 0.15) is 100 Å². The van der Waals surface area contributed by atoms with Crippen LogP contribution in [-0.4, -0.2) is 64.1 Å². The summed E-state index contributed by atoms with van der Waals surface area (Å²) < 4.78 is 0. The summed E-state index contributed by atoms with van der Waals surface area (Å²) in [6.07, 6.45) is 13.0. The fraction of sp³-hybridized carbons (Fsp3) is 0.606. The topological polar surface area (TPSA) is 159 Å². The number of benzene rings is 1. The Kier molecular flexibility index (Phi) is 10.9. The van der Waals surface area contributed by atoms with E-state index in [1.807, 2.05) is 12.1 Å². The first-order chi connectivity index (χ1) is 21.4. The van der Waals surface area contributed by atoms with Crippen molar-refractivity contribution in [2.45, 2.75) is 108 Å². The van der Waals surface area contributed by atoms with Gasteiger partial charge in [-0.2, -0.15) is 0 Å². The van der Waals surface area contributed by atoms with Crippen LogP contribution in [0.5, 0.6) is 0 Å². The molecule has 2 aromatic rings. The SMILES string of the molecule is O=C(NC1CCCCC1)C(=O)C(C[C@@H]1CCCNC1=O)NC(=O)[C@H](CC1CCCCC1)NC(=O)c1cnc2ccccc2n1. The predicted octanol–water partition coefficient (Wildman–Crippen LogP) is 3.12. The molecule has 4 N–H and O–H groups in total. The molecule has 2 aliphatic carbocycles. The highest BCUT2D eigenvalue weighted by Gasteiger charge is 2.36. The normalized spacial score (nSPS) is 21.1. The van der Waals surface area contributed by atoms with Gasteiger partial charge in [0, 0.05) is 18.5 Å². The Labute approximate surface area is 258 Å². The highest BCUT2D eigenvalue weighted by Crippen LogP contribution is 2.28. The van der Waals surface area contributed by atoms with E-state index < -0.39 is 41.5 Å². The molecule has 0 bridgehead atoms. The maximum Gasteiger partial charge on any atom is 0.289 e. The highest BCUT2D eigenvalue weighted by atomic mass is 16.2. The van der Waals surface area contributed by atoms with Gasteiger partial charge in [0.2, 0.25) is 17.6 Å². The zero-order valence-corrected chi connectivity index (χ0v) is 25.3. The Balaban J connectivity index is 1.33. The van der Waals surface area contributed by atoms with E-state index in [0.29, 0.717) is 30.4 Å². The number of para-hydroxylation sites is 2. The smallest absolute Gasteiger partial charge is 0.289 e. The number of fused-ring (bicyclic) bond motifs is 1. The molecule has 3 fully saturated rings. The number of ketones is 1. The monoisotopic (exact) mass is 604 g/mol. The van der Waals surface area contributed by atoms with Gasteiger partial charge in [-0.3, -0.25) is 29.0 Å². The molecule has 44 heavy (non-hydrogen) atoms. The Morgan fingerprint density at radius 2 is 1.52 bits per heavy atom. The lowest BCUT2D eigenvalue weighted by Crippen LogP contribution is -2.56. The molecule has 0 radical (unpaired) electrons. The number of Topliss-reactive ketones (excluding diaryl/α,β-unsaturated/α-hetero) is 1. The van der Waals surface area contributed by atoms with Gasteiger partial charge in [-0.15, -0.1) is 0 Å². The molecule has 1 saturated heterocycles. The van der Waals surface area contributed by atoms with E-state index in [1.54, 1.807) is 12.1 Å². The summed E-state index contributed by atoms with van der Waals surface area (Å²) >= 11 is 0. The minimum atomic E-state index is -1.19. The van der Waals surface area contributed by atoms with E-state index in [9.17, 15) is 24.0 Å². The van der Waals surface area contributed by atoms with E-state index in [2.05, 4.69) is 31.2 Å². The Morgan fingerprint density at radius 1 is 0.818 bits per heavy atom. The van der Waals surface area contributed by atoms with Crippen LogP contribution in [0, 0.1) is 11.8 Å². The van der Waals surface area contributed by atoms with Gasteiger partial charge in [0.15, 0.2) is 0 Å². The van der Waals surface area contributed by atoms with E-state index in [-0.39, 0.29) is 30.0 Å². The molecular formula is C33H44N6O5. The quantitative estimate of drug-likeness (QED) is 0.287. The zero-order chi connectivity index (χ0) is 30.9. The molecule has 11 nitrogen and oxygen atoms in total. The van der Waals surface area contributed by atoms with Gasteiger partial charge >= 0.3 is 0 Å². The van der Waals surface area contributed by atoms with Gasteiger partial charge in [0.05, 0.1) is 23.3 Å². The maximum absolute atomic E-state index is 13.9. The van der Waals surface area contributed by atoms with Gasteiger partial charge in [-0.25, -0.2) is 4.98 Å². The molecule has 0 spiro atoms. The second kappa shape index (κ2) is 15.2. The maximum atomic E-state index is 13.9. The molecule has 3 aliphatic rings. The van der Waals surface area contributed by atoms with Gasteiger partial charge in [-0.05, 0) is 56.6 Å². The number of rotatable bonds is 11. The second-order valence-electron chi connectivity index (χ2n) is 12.6. The number of nitrogens with zero attached hydrogens (tertiary/aromatic N) is 2. The van der Waals surface area contributed by atoms with Gasteiger partial charge in [0.25, 0.3) is 11.8 Å². The lowest BCUT2D eigenvalue weighted by Gasteiger charge is -2.30. The first-order valence-corrected chi connectivity index (χ1v) is 16.3. The molecule has 1 unspecified atom stereocenters. The van der Waals surface area contributed by atoms with Crippen molar-refractivity contribution in [1.82, 2.24) is 31.2 Å². The van der Waals surface area contributed by atoms with Crippen LogP contribution < -0.4 is 21.3 Å². The van der Waals surface area contributed by atoms with Crippen molar-refractivity contribution in [3.63, 3.8) is 0 Å². The van der Waals surface area contributed by atoms with Gasteiger partial charge in [-0.1, -0.05) is 63.5 Å². The predicted molar refractivity (Wildman–Crippen MR) is 164 cm³/mol. The van der Waals surface area contributed by atoms with Gasteiger partial charge in [0.1, 0.15) is 11.7 Å². The standard InChI is InChI=1S/C33H44N6O5/c40-29(33(44)36-23-13-5-2-6-14-23)26(19-22-12-9-17-34-30(22)41)38-31(42)27(18-21-10-3-1-4-11-21)39-32(43)28-20-35-24-15-7-8-16-25(24)37-28/h7-8,15-16,20-23,26-27H,1-6,9-14,17-19H2,(H,34,41)(H,36,44)(H,38,42)(H,39,43)/t22-,26?,27-/m0/s1. The third-order valence-corrected chi connectivity index (χ3v) is 9.31. The zero-order valence-electron chi connectivity index (χ0n) is 25.3. The summed E-state index contributed by atoms with van der Waals surface area (Å²) in [5.74, 6) is -3.03. The molecule has 2 saturated carbocycles. The van der Waals surface area contributed by atoms with Crippen LogP contribution >= 0.6 is 0 Å². The molecule has 4 amide bonds.